The van der Waals surface area contributed by atoms with Crippen LogP contribution in [0.4, 0.5) is 0 Å². The van der Waals surface area contributed by atoms with Crippen molar-refractivity contribution in [2.45, 2.75) is 58.5 Å². The van der Waals surface area contributed by atoms with Gasteiger partial charge >= 0.3 is 10.4 Å². The highest BCUT2D eigenvalue weighted by Crippen LogP contribution is 2.06. The van der Waals surface area contributed by atoms with E-state index in [4.69, 9.17) is 9.66 Å². The summed E-state index contributed by atoms with van der Waals surface area (Å²) in [5.41, 5.74) is 0. The molecule has 22 heavy (non-hydrogen) atoms. The van der Waals surface area contributed by atoms with Crippen molar-refractivity contribution >= 4 is 10.4 Å². The van der Waals surface area contributed by atoms with Crippen molar-refractivity contribution in [2.75, 3.05) is 6.61 Å². The second-order valence-corrected chi connectivity index (χ2v) is 6.18. The molecule has 0 fully saturated rings. The predicted molar refractivity (Wildman–Crippen MR) is 84.7 cm³/mol. The Morgan fingerprint density at radius 1 is 1.27 bits per heavy atom. The van der Waals surface area contributed by atoms with Crippen molar-refractivity contribution in [1.29, 1.82) is 0 Å². The number of imidazole rings is 1. The van der Waals surface area contributed by atoms with Gasteiger partial charge in [-0.1, -0.05) is 39.0 Å². The van der Waals surface area contributed by atoms with Crippen LogP contribution < -0.4 is 0 Å². The van der Waals surface area contributed by atoms with E-state index in [2.05, 4.69) is 16.1 Å². The molecule has 0 saturated heterocycles. The normalized spacial score (nSPS) is 12.6. The first-order valence-corrected chi connectivity index (χ1v) is 8.91. The molecule has 7 nitrogen and oxygen atoms in total. The standard InChI is InChI=1S/C8H18O4S.C6H10N2O/c1-2-3-4-5-6-7-8-12-13(9,10)11;1-5(9)6-7-3-4-8(6)2/h2-8H2,1H3,(H,9,10,11);3-5,9H,1-2H3. The van der Waals surface area contributed by atoms with Crippen LogP contribution in [0.2, 0.25) is 0 Å². The smallest absolute Gasteiger partial charge is 0.385 e. The third-order valence-corrected chi connectivity index (χ3v) is 3.43. The SMILES string of the molecule is CC(O)c1nccn1C.CCCCCCCCOS(=O)(=O)O. The third-order valence-electron chi connectivity index (χ3n) is 2.96. The fraction of sp³-hybridized carbons (Fsp3) is 0.786. The lowest BCUT2D eigenvalue weighted by molar-refractivity contribution is 0.185. The lowest BCUT2D eigenvalue weighted by Gasteiger charge is -2.01. The molecule has 1 unspecified atom stereocenters. The maximum absolute atomic E-state index is 10.1. The van der Waals surface area contributed by atoms with Gasteiger partial charge in [-0.05, 0) is 13.3 Å². The molecule has 0 bridgehead atoms. The minimum absolute atomic E-state index is 0.0883. The second-order valence-electron chi connectivity index (χ2n) is 5.09. The monoisotopic (exact) mass is 336 g/mol. The van der Waals surface area contributed by atoms with Gasteiger partial charge in [-0.2, -0.15) is 8.42 Å². The van der Waals surface area contributed by atoms with Gasteiger partial charge in [-0.15, -0.1) is 0 Å². The molecule has 0 aliphatic rings. The highest BCUT2D eigenvalue weighted by Gasteiger charge is 2.03. The van der Waals surface area contributed by atoms with E-state index >= 15 is 0 Å². The molecule has 0 radical (unpaired) electrons. The Morgan fingerprint density at radius 3 is 2.27 bits per heavy atom. The number of rotatable bonds is 9. The minimum Gasteiger partial charge on any atom is -0.385 e. The average Bonchev–Trinajstić information content (AvgIpc) is 2.84. The number of aryl methyl sites for hydroxylation is 1. The summed E-state index contributed by atoms with van der Waals surface area (Å²) in [7, 11) is -2.37. The van der Waals surface area contributed by atoms with Crippen molar-refractivity contribution in [1.82, 2.24) is 9.55 Å². The molecule has 1 heterocycles. The number of nitrogens with zero attached hydrogens (tertiary/aromatic N) is 2. The third kappa shape index (κ3) is 11.7. The van der Waals surface area contributed by atoms with Crippen LogP contribution in [-0.4, -0.2) is 34.2 Å². The Kier molecular flexibility index (Phi) is 11.1. The molecule has 0 aliphatic heterocycles. The van der Waals surface area contributed by atoms with Crippen molar-refractivity contribution in [3.05, 3.63) is 18.2 Å². The second kappa shape index (κ2) is 11.6. The number of hydrogen-bond acceptors (Lipinski definition) is 5. The van der Waals surface area contributed by atoms with Crippen LogP contribution in [0.3, 0.4) is 0 Å². The van der Waals surface area contributed by atoms with Gasteiger partial charge in [-0.25, -0.2) is 9.17 Å². The molecule has 0 aliphatic carbocycles. The van der Waals surface area contributed by atoms with E-state index in [9.17, 15) is 8.42 Å². The predicted octanol–water partition coefficient (Wildman–Crippen LogP) is 2.64. The van der Waals surface area contributed by atoms with E-state index in [-0.39, 0.29) is 6.61 Å². The van der Waals surface area contributed by atoms with Gasteiger partial charge in [0, 0.05) is 19.4 Å². The zero-order valence-electron chi connectivity index (χ0n) is 13.6. The largest absolute Gasteiger partial charge is 0.397 e. The van der Waals surface area contributed by atoms with Crippen LogP contribution in [0.15, 0.2) is 12.4 Å². The van der Waals surface area contributed by atoms with E-state index < -0.39 is 16.5 Å². The lowest BCUT2D eigenvalue weighted by atomic mass is 10.1. The summed E-state index contributed by atoms with van der Waals surface area (Å²) in [5.74, 6) is 0.704. The van der Waals surface area contributed by atoms with E-state index in [1.807, 2.05) is 13.2 Å². The summed E-state index contributed by atoms with van der Waals surface area (Å²) in [4.78, 5) is 3.93. The Balaban J connectivity index is 0.000000425. The van der Waals surface area contributed by atoms with Crippen molar-refractivity contribution < 1.29 is 22.3 Å². The molecule has 0 saturated carbocycles. The lowest BCUT2D eigenvalue weighted by Crippen LogP contribution is -2.04. The number of aliphatic hydroxyl groups is 1. The Labute approximate surface area is 133 Å². The molecule has 130 valence electrons. The van der Waals surface area contributed by atoms with Crippen molar-refractivity contribution in [3.8, 4) is 0 Å². The van der Waals surface area contributed by atoms with Crippen LogP contribution in [-0.2, 0) is 21.6 Å². The van der Waals surface area contributed by atoms with Gasteiger partial charge in [0.25, 0.3) is 0 Å². The van der Waals surface area contributed by atoms with E-state index in [0.717, 1.165) is 12.8 Å². The first kappa shape index (κ1) is 21.0. The van der Waals surface area contributed by atoms with Crippen LogP contribution in [0.5, 0.6) is 0 Å². The fourth-order valence-corrected chi connectivity index (χ4v) is 2.15. The maximum Gasteiger partial charge on any atom is 0.397 e. The molecular formula is C14H28N2O5S. The zero-order valence-corrected chi connectivity index (χ0v) is 14.4. The molecule has 0 amide bonds. The van der Waals surface area contributed by atoms with E-state index in [0.29, 0.717) is 12.2 Å². The van der Waals surface area contributed by atoms with Gasteiger partial charge < -0.3 is 9.67 Å². The van der Waals surface area contributed by atoms with Crippen LogP contribution in [0, 0.1) is 0 Å². The molecule has 0 spiro atoms. The molecule has 1 aromatic rings. The van der Waals surface area contributed by atoms with Crippen LogP contribution in [0.1, 0.15) is 64.3 Å². The van der Waals surface area contributed by atoms with Crippen LogP contribution in [0.25, 0.3) is 0 Å². The summed E-state index contributed by atoms with van der Waals surface area (Å²) in [6.45, 7) is 3.93. The molecular weight excluding hydrogens is 308 g/mol. The Hall–Kier alpha value is -0.960. The van der Waals surface area contributed by atoms with Crippen LogP contribution >= 0.6 is 0 Å². The minimum atomic E-state index is -4.22. The Morgan fingerprint density at radius 2 is 1.86 bits per heavy atom. The fourth-order valence-electron chi connectivity index (χ4n) is 1.83. The quantitative estimate of drug-likeness (QED) is 0.531. The number of unbranched alkanes of at least 4 members (excludes halogenated alkanes) is 5. The summed E-state index contributed by atoms with van der Waals surface area (Å²) in [6.07, 6.45) is 9.35. The van der Waals surface area contributed by atoms with Gasteiger partial charge in [0.05, 0.1) is 6.61 Å². The average molecular weight is 336 g/mol. The van der Waals surface area contributed by atoms with E-state index in [1.54, 1.807) is 17.7 Å². The van der Waals surface area contributed by atoms with Crippen molar-refractivity contribution in [2.24, 2.45) is 7.05 Å². The summed E-state index contributed by atoms with van der Waals surface area (Å²) < 4.78 is 34.4. The first-order valence-electron chi connectivity index (χ1n) is 7.55. The molecule has 0 aromatic carbocycles. The summed E-state index contributed by atoms with van der Waals surface area (Å²) in [6, 6.07) is 0. The van der Waals surface area contributed by atoms with Gasteiger partial charge in [0.15, 0.2) is 0 Å². The summed E-state index contributed by atoms with van der Waals surface area (Å²) in [5, 5.41) is 9.01. The summed E-state index contributed by atoms with van der Waals surface area (Å²) >= 11 is 0. The molecule has 1 atom stereocenters. The number of aromatic nitrogens is 2. The molecule has 8 heteroatoms. The van der Waals surface area contributed by atoms with Gasteiger partial charge in [0.2, 0.25) is 0 Å². The topological polar surface area (TPSA) is 102 Å². The molecule has 1 aromatic heterocycles. The highest BCUT2D eigenvalue weighted by molar-refractivity contribution is 7.80. The van der Waals surface area contributed by atoms with E-state index in [1.165, 1.54) is 19.3 Å². The first-order chi connectivity index (χ1) is 10.3. The number of aliphatic hydroxyl groups excluding tert-OH is 1. The zero-order chi connectivity index (χ0) is 17.0. The maximum atomic E-state index is 10.1. The van der Waals surface area contributed by atoms with Gasteiger partial charge in [-0.3, -0.25) is 4.55 Å². The Bertz CT molecular complexity index is 485. The van der Waals surface area contributed by atoms with Gasteiger partial charge in [0.1, 0.15) is 11.9 Å². The van der Waals surface area contributed by atoms with Crippen molar-refractivity contribution in [3.63, 3.8) is 0 Å². The molecule has 2 N–H and O–H groups in total. The number of hydrogen-bond donors (Lipinski definition) is 2. The molecule has 1 rings (SSSR count). The highest BCUT2D eigenvalue weighted by atomic mass is 32.3.